The summed E-state index contributed by atoms with van der Waals surface area (Å²) < 4.78 is 73.3. The second-order valence-corrected chi connectivity index (χ2v) is 9.28. The van der Waals surface area contributed by atoms with E-state index in [4.69, 9.17) is 16.3 Å². The molecule has 0 radical (unpaired) electrons. The van der Waals surface area contributed by atoms with Crippen LogP contribution in [0.1, 0.15) is 19.8 Å². The molecular formula is C20H20ClF3N2O4S. The van der Waals surface area contributed by atoms with Crippen LogP contribution in [0.5, 0.6) is 5.75 Å². The van der Waals surface area contributed by atoms with Crippen molar-refractivity contribution in [2.45, 2.75) is 24.7 Å². The SMILES string of the molecule is CCOc1ccc(Cl)cc1S(=O)(=O)N1CCCC(C(=O)Nc2ccc(F)c(F)c2F)C1. The molecule has 3 rings (SSSR count). The van der Waals surface area contributed by atoms with Gasteiger partial charge in [-0.15, -0.1) is 0 Å². The Hall–Kier alpha value is -2.30. The Morgan fingerprint density at radius 2 is 1.97 bits per heavy atom. The molecule has 1 N–H and O–H groups in total. The maximum atomic E-state index is 13.9. The van der Waals surface area contributed by atoms with E-state index in [0.29, 0.717) is 18.9 Å². The molecule has 1 aliphatic rings. The predicted molar refractivity (Wildman–Crippen MR) is 109 cm³/mol. The maximum Gasteiger partial charge on any atom is 0.246 e. The van der Waals surface area contributed by atoms with Gasteiger partial charge in [-0.3, -0.25) is 4.79 Å². The number of rotatable bonds is 6. The lowest BCUT2D eigenvalue weighted by molar-refractivity contribution is -0.120. The van der Waals surface area contributed by atoms with Crippen LogP contribution in [-0.2, 0) is 14.8 Å². The van der Waals surface area contributed by atoms with Crippen molar-refractivity contribution in [2.75, 3.05) is 25.0 Å². The molecule has 1 fully saturated rings. The highest BCUT2D eigenvalue weighted by molar-refractivity contribution is 7.89. The first-order valence-corrected chi connectivity index (χ1v) is 11.3. The quantitative estimate of drug-likeness (QED) is 0.634. The van der Waals surface area contributed by atoms with Gasteiger partial charge in [0, 0.05) is 18.1 Å². The molecule has 2 aromatic carbocycles. The highest BCUT2D eigenvalue weighted by atomic mass is 35.5. The van der Waals surface area contributed by atoms with Crippen LogP contribution < -0.4 is 10.1 Å². The Balaban J connectivity index is 1.81. The molecule has 168 valence electrons. The lowest BCUT2D eigenvalue weighted by Crippen LogP contribution is -2.43. The second-order valence-electron chi connectivity index (χ2n) is 6.94. The summed E-state index contributed by atoms with van der Waals surface area (Å²) in [4.78, 5) is 12.5. The molecule has 1 unspecified atom stereocenters. The van der Waals surface area contributed by atoms with E-state index in [1.54, 1.807) is 6.92 Å². The molecule has 0 bridgehead atoms. The first kappa shape index (κ1) is 23.4. The summed E-state index contributed by atoms with van der Waals surface area (Å²) in [6.07, 6.45) is 0.721. The van der Waals surface area contributed by atoms with Gasteiger partial charge in [-0.05, 0) is 50.1 Å². The van der Waals surface area contributed by atoms with Crippen LogP contribution in [0.2, 0.25) is 5.02 Å². The van der Waals surface area contributed by atoms with Crippen LogP contribution in [0.25, 0.3) is 0 Å². The third-order valence-corrected chi connectivity index (χ3v) is 6.99. The van der Waals surface area contributed by atoms with E-state index in [9.17, 15) is 26.4 Å². The van der Waals surface area contributed by atoms with Gasteiger partial charge in [-0.1, -0.05) is 11.6 Å². The molecule has 6 nitrogen and oxygen atoms in total. The molecule has 1 atom stereocenters. The normalized spacial score (nSPS) is 17.4. The van der Waals surface area contributed by atoms with Gasteiger partial charge >= 0.3 is 0 Å². The van der Waals surface area contributed by atoms with Crippen molar-refractivity contribution in [3.63, 3.8) is 0 Å². The smallest absolute Gasteiger partial charge is 0.246 e. The molecule has 2 aromatic rings. The zero-order valence-electron chi connectivity index (χ0n) is 16.5. The number of hydrogen-bond donors (Lipinski definition) is 1. The fourth-order valence-electron chi connectivity index (χ4n) is 3.33. The number of anilines is 1. The van der Waals surface area contributed by atoms with E-state index in [-0.39, 0.29) is 35.4 Å². The molecule has 1 amide bonds. The first-order chi connectivity index (χ1) is 14.6. The molecule has 11 heteroatoms. The van der Waals surface area contributed by atoms with Crippen molar-refractivity contribution < 1.29 is 31.1 Å². The predicted octanol–water partition coefficient (Wildman–Crippen LogP) is 4.20. The van der Waals surface area contributed by atoms with Crippen molar-refractivity contribution in [1.29, 1.82) is 0 Å². The minimum Gasteiger partial charge on any atom is -0.492 e. The van der Waals surface area contributed by atoms with E-state index in [2.05, 4.69) is 5.32 Å². The molecule has 0 aromatic heterocycles. The molecule has 0 aliphatic carbocycles. The van der Waals surface area contributed by atoms with Crippen LogP contribution in [0, 0.1) is 23.4 Å². The number of benzene rings is 2. The molecule has 1 saturated heterocycles. The van der Waals surface area contributed by atoms with Crippen LogP contribution in [0.15, 0.2) is 35.2 Å². The number of carbonyl (C=O) groups excluding carboxylic acids is 1. The number of nitrogens with zero attached hydrogens (tertiary/aromatic N) is 1. The number of carbonyl (C=O) groups is 1. The van der Waals surface area contributed by atoms with Gasteiger partial charge < -0.3 is 10.1 Å². The molecule has 31 heavy (non-hydrogen) atoms. The number of nitrogens with one attached hydrogen (secondary N) is 1. The van der Waals surface area contributed by atoms with Gasteiger partial charge in [0.2, 0.25) is 15.9 Å². The summed E-state index contributed by atoms with van der Waals surface area (Å²) in [5.41, 5.74) is -0.516. The number of piperidine rings is 1. The second kappa shape index (κ2) is 9.46. The third kappa shape index (κ3) is 4.97. The molecule has 0 saturated carbocycles. The minimum atomic E-state index is -4.04. The number of hydrogen-bond acceptors (Lipinski definition) is 4. The van der Waals surface area contributed by atoms with Crippen LogP contribution in [0.4, 0.5) is 18.9 Å². The fourth-order valence-corrected chi connectivity index (χ4v) is 5.25. The summed E-state index contributed by atoms with van der Waals surface area (Å²) in [5, 5.41) is 2.42. The fraction of sp³-hybridized carbons (Fsp3) is 0.350. The summed E-state index contributed by atoms with van der Waals surface area (Å²) in [7, 11) is -4.04. The number of amides is 1. The minimum absolute atomic E-state index is 0.116. The van der Waals surface area contributed by atoms with E-state index in [0.717, 1.165) is 10.4 Å². The van der Waals surface area contributed by atoms with Crippen molar-refractivity contribution >= 4 is 33.2 Å². The Bertz CT molecular complexity index is 1100. The molecule has 0 spiro atoms. The van der Waals surface area contributed by atoms with Crippen molar-refractivity contribution in [3.05, 3.63) is 52.8 Å². The Kier molecular flexibility index (Phi) is 7.13. The molecule has 1 aliphatic heterocycles. The first-order valence-electron chi connectivity index (χ1n) is 9.52. The van der Waals surface area contributed by atoms with E-state index in [1.165, 1.54) is 18.2 Å². The molecule has 1 heterocycles. The standard InChI is InChI=1S/C20H20ClF3N2O4S/c1-2-30-16-8-5-13(21)10-17(16)31(28,29)26-9-3-4-12(11-26)20(27)25-15-7-6-14(22)18(23)19(15)24/h5-8,10,12H,2-4,9,11H2,1H3,(H,25,27). The number of sulfonamides is 1. The van der Waals surface area contributed by atoms with Crippen LogP contribution in [-0.4, -0.2) is 38.3 Å². The van der Waals surface area contributed by atoms with Gasteiger partial charge in [0.15, 0.2) is 17.5 Å². The average molecular weight is 477 g/mol. The summed E-state index contributed by atoms with van der Waals surface area (Å²) >= 11 is 5.97. The zero-order chi connectivity index (χ0) is 22.8. The average Bonchev–Trinajstić information content (AvgIpc) is 2.75. The summed E-state index contributed by atoms with van der Waals surface area (Å²) in [6.45, 7) is 1.96. The Morgan fingerprint density at radius 1 is 1.23 bits per heavy atom. The van der Waals surface area contributed by atoms with Gasteiger partial charge in [-0.25, -0.2) is 21.6 Å². The van der Waals surface area contributed by atoms with Crippen LogP contribution in [0.3, 0.4) is 0 Å². The van der Waals surface area contributed by atoms with Crippen molar-refractivity contribution in [1.82, 2.24) is 4.31 Å². The Labute approximate surface area is 183 Å². The molecular weight excluding hydrogens is 457 g/mol. The van der Waals surface area contributed by atoms with E-state index in [1.807, 2.05) is 0 Å². The Morgan fingerprint density at radius 3 is 2.68 bits per heavy atom. The maximum absolute atomic E-state index is 13.9. The zero-order valence-corrected chi connectivity index (χ0v) is 18.1. The van der Waals surface area contributed by atoms with Gasteiger partial charge in [0.05, 0.1) is 18.2 Å². The highest BCUT2D eigenvalue weighted by Crippen LogP contribution is 2.32. The lowest BCUT2D eigenvalue weighted by atomic mass is 9.98. The topological polar surface area (TPSA) is 75.7 Å². The van der Waals surface area contributed by atoms with Crippen LogP contribution >= 0.6 is 11.6 Å². The van der Waals surface area contributed by atoms with Crippen molar-refractivity contribution in [3.8, 4) is 5.75 Å². The van der Waals surface area contributed by atoms with Gasteiger partial charge in [0.1, 0.15) is 10.6 Å². The van der Waals surface area contributed by atoms with E-state index < -0.39 is 45.0 Å². The summed E-state index contributed by atoms with van der Waals surface area (Å²) in [5.74, 6) is -5.96. The van der Waals surface area contributed by atoms with E-state index >= 15 is 0 Å². The summed E-state index contributed by atoms with van der Waals surface area (Å²) in [6, 6.07) is 5.85. The largest absolute Gasteiger partial charge is 0.492 e. The number of halogens is 4. The monoisotopic (exact) mass is 476 g/mol. The lowest BCUT2D eigenvalue weighted by Gasteiger charge is -2.31. The number of ether oxygens (including phenoxy) is 1. The highest BCUT2D eigenvalue weighted by Gasteiger charge is 2.35. The third-order valence-electron chi connectivity index (χ3n) is 4.87. The van der Waals surface area contributed by atoms with Gasteiger partial charge in [-0.2, -0.15) is 4.31 Å². The van der Waals surface area contributed by atoms with Crippen molar-refractivity contribution in [2.24, 2.45) is 5.92 Å². The van der Waals surface area contributed by atoms with Gasteiger partial charge in [0.25, 0.3) is 0 Å².